The second-order valence-corrected chi connectivity index (χ2v) is 5.27. The summed E-state index contributed by atoms with van der Waals surface area (Å²) in [5, 5.41) is 0.684. The van der Waals surface area contributed by atoms with Crippen LogP contribution in [0.2, 0.25) is 0 Å². The number of ether oxygens (including phenoxy) is 1. The van der Waals surface area contributed by atoms with Gasteiger partial charge in [0.1, 0.15) is 16.6 Å². The van der Waals surface area contributed by atoms with Gasteiger partial charge in [-0.15, -0.1) is 11.3 Å². The van der Waals surface area contributed by atoms with E-state index in [1.807, 2.05) is 0 Å². The Bertz CT molecular complexity index is 569. The van der Waals surface area contributed by atoms with Crippen LogP contribution in [0.1, 0.15) is 23.9 Å². The standard InChI is InChI=1S/C14H17FN2OS/c1-3-4-12-13(8-16)19-14(17-12)10-6-5-9(18-2)7-11(10)15/h5-7H,3-4,8,16H2,1-2H3. The maximum atomic E-state index is 14.0. The maximum Gasteiger partial charge on any atom is 0.137 e. The highest BCUT2D eigenvalue weighted by atomic mass is 32.1. The third-order valence-electron chi connectivity index (χ3n) is 2.86. The SMILES string of the molecule is CCCc1nc(-c2ccc(OC)cc2F)sc1CN. The summed E-state index contributed by atoms with van der Waals surface area (Å²) < 4.78 is 19.0. The Balaban J connectivity index is 2.41. The smallest absolute Gasteiger partial charge is 0.137 e. The zero-order valence-electron chi connectivity index (χ0n) is 11.1. The van der Waals surface area contributed by atoms with Crippen molar-refractivity contribution in [3.05, 3.63) is 34.6 Å². The number of halogens is 1. The summed E-state index contributed by atoms with van der Waals surface area (Å²) in [4.78, 5) is 5.55. The molecule has 102 valence electrons. The minimum Gasteiger partial charge on any atom is -0.497 e. The minimum absolute atomic E-state index is 0.320. The van der Waals surface area contributed by atoms with Crippen LogP contribution < -0.4 is 10.5 Å². The van der Waals surface area contributed by atoms with E-state index >= 15 is 0 Å². The molecule has 0 amide bonds. The molecule has 0 aliphatic carbocycles. The first-order chi connectivity index (χ1) is 9.19. The predicted octanol–water partition coefficient (Wildman–Crippen LogP) is 3.37. The third kappa shape index (κ3) is 2.93. The van der Waals surface area contributed by atoms with Gasteiger partial charge in [-0.3, -0.25) is 0 Å². The number of rotatable bonds is 5. The Morgan fingerprint density at radius 2 is 2.21 bits per heavy atom. The van der Waals surface area contributed by atoms with Crippen molar-refractivity contribution in [1.29, 1.82) is 0 Å². The molecule has 1 aromatic heterocycles. The van der Waals surface area contributed by atoms with Gasteiger partial charge in [-0.05, 0) is 18.6 Å². The van der Waals surface area contributed by atoms with E-state index in [0.717, 1.165) is 23.4 Å². The monoisotopic (exact) mass is 280 g/mol. The van der Waals surface area contributed by atoms with Gasteiger partial charge in [0.25, 0.3) is 0 Å². The summed E-state index contributed by atoms with van der Waals surface area (Å²) >= 11 is 1.46. The van der Waals surface area contributed by atoms with Crippen molar-refractivity contribution < 1.29 is 9.13 Å². The highest BCUT2D eigenvalue weighted by Crippen LogP contribution is 2.32. The van der Waals surface area contributed by atoms with Crippen LogP contribution in [0, 0.1) is 5.82 Å². The number of nitrogens with two attached hydrogens (primary N) is 1. The molecular formula is C14H17FN2OS. The van der Waals surface area contributed by atoms with Crippen molar-refractivity contribution >= 4 is 11.3 Å². The first kappa shape index (κ1) is 14.0. The van der Waals surface area contributed by atoms with Crippen molar-refractivity contribution in [2.75, 3.05) is 7.11 Å². The second-order valence-electron chi connectivity index (χ2n) is 4.19. The van der Waals surface area contributed by atoms with Crippen LogP contribution in [0.4, 0.5) is 4.39 Å². The maximum absolute atomic E-state index is 14.0. The molecule has 0 fully saturated rings. The molecule has 2 N–H and O–H groups in total. The second kappa shape index (κ2) is 6.12. The molecule has 2 aromatic rings. The van der Waals surface area contributed by atoms with Crippen LogP contribution >= 0.6 is 11.3 Å². The van der Waals surface area contributed by atoms with Gasteiger partial charge in [-0.2, -0.15) is 0 Å². The first-order valence-electron chi connectivity index (χ1n) is 6.22. The summed E-state index contributed by atoms with van der Waals surface area (Å²) in [6, 6.07) is 4.81. The molecule has 1 heterocycles. The highest BCUT2D eigenvalue weighted by Gasteiger charge is 2.14. The molecule has 0 radical (unpaired) electrons. The van der Waals surface area contributed by atoms with E-state index in [9.17, 15) is 4.39 Å². The Labute approximate surface area is 116 Å². The van der Waals surface area contributed by atoms with Crippen LogP contribution in [-0.4, -0.2) is 12.1 Å². The van der Waals surface area contributed by atoms with E-state index < -0.39 is 0 Å². The van der Waals surface area contributed by atoms with Crippen molar-refractivity contribution in [1.82, 2.24) is 4.98 Å². The van der Waals surface area contributed by atoms with Gasteiger partial charge in [0.15, 0.2) is 0 Å². The average Bonchev–Trinajstić information content (AvgIpc) is 2.82. The van der Waals surface area contributed by atoms with Crippen LogP contribution in [0.25, 0.3) is 10.6 Å². The van der Waals surface area contributed by atoms with E-state index in [1.165, 1.54) is 24.5 Å². The molecule has 0 aliphatic heterocycles. The summed E-state index contributed by atoms with van der Waals surface area (Å²) in [7, 11) is 1.52. The lowest BCUT2D eigenvalue weighted by Gasteiger charge is -2.02. The van der Waals surface area contributed by atoms with Gasteiger partial charge in [-0.25, -0.2) is 9.37 Å². The molecule has 1 aromatic carbocycles. The van der Waals surface area contributed by atoms with E-state index in [4.69, 9.17) is 10.5 Å². The molecule has 0 aliphatic rings. The van der Waals surface area contributed by atoms with Crippen molar-refractivity contribution in [2.24, 2.45) is 5.73 Å². The number of benzene rings is 1. The Morgan fingerprint density at radius 3 is 2.79 bits per heavy atom. The molecule has 0 unspecified atom stereocenters. The Kier molecular flexibility index (Phi) is 4.50. The molecule has 2 rings (SSSR count). The number of aryl methyl sites for hydroxylation is 1. The van der Waals surface area contributed by atoms with Crippen LogP contribution in [0.3, 0.4) is 0 Å². The Morgan fingerprint density at radius 1 is 1.42 bits per heavy atom. The molecule has 0 bridgehead atoms. The van der Waals surface area contributed by atoms with Crippen molar-refractivity contribution in [2.45, 2.75) is 26.3 Å². The highest BCUT2D eigenvalue weighted by molar-refractivity contribution is 7.15. The number of nitrogens with zero attached hydrogens (tertiary/aromatic N) is 1. The summed E-state index contributed by atoms with van der Waals surface area (Å²) in [6.45, 7) is 2.54. The topological polar surface area (TPSA) is 48.1 Å². The van der Waals surface area contributed by atoms with Gasteiger partial charge < -0.3 is 10.5 Å². The third-order valence-corrected chi connectivity index (χ3v) is 4.01. The van der Waals surface area contributed by atoms with Gasteiger partial charge >= 0.3 is 0 Å². The van der Waals surface area contributed by atoms with Crippen molar-refractivity contribution in [3.63, 3.8) is 0 Å². The fourth-order valence-corrected chi connectivity index (χ4v) is 2.90. The zero-order valence-corrected chi connectivity index (χ0v) is 11.9. The molecule has 0 spiro atoms. The molecular weight excluding hydrogens is 263 g/mol. The van der Waals surface area contributed by atoms with Crippen LogP contribution in [0.5, 0.6) is 5.75 Å². The van der Waals surface area contributed by atoms with E-state index in [1.54, 1.807) is 12.1 Å². The zero-order chi connectivity index (χ0) is 13.8. The average molecular weight is 280 g/mol. The van der Waals surface area contributed by atoms with Gasteiger partial charge in [0.05, 0.1) is 12.8 Å². The fourth-order valence-electron chi connectivity index (χ4n) is 1.89. The lowest BCUT2D eigenvalue weighted by atomic mass is 10.2. The lowest BCUT2D eigenvalue weighted by molar-refractivity contribution is 0.411. The number of methoxy groups -OCH3 is 1. The summed E-state index contributed by atoms with van der Waals surface area (Å²) in [5.41, 5.74) is 7.20. The largest absolute Gasteiger partial charge is 0.497 e. The normalized spacial score (nSPS) is 10.7. The predicted molar refractivity (Wildman–Crippen MR) is 75.9 cm³/mol. The molecule has 3 nitrogen and oxygen atoms in total. The van der Waals surface area contributed by atoms with Gasteiger partial charge in [0.2, 0.25) is 0 Å². The molecule has 5 heteroatoms. The number of hydrogen-bond acceptors (Lipinski definition) is 4. The van der Waals surface area contributed by atoms with E-state index in [2.05, 4.69) is 11.9 Å². The van der Waals surface area contributed by atoms with Gasteiger partial charge in [-0.1, -0.05) is 13.3 Å². The number of thiazole rings is 1. The summed E-state index contributed by atoms with van der Waals surface area (Å²) in [5.74, 6) is 0.186. The van der Waals surface area contributed by atoms with Crippen LogP contribution in [0.15, 0.2) is 18.2 Å². The van der Waals surface area contributed by atoms with Crippen LogP contribution in [-0.2, 0) is 13.0 Å². The van der Waals surface area contributed by atoms with E-state index in [0.29, 0.717) is 22.9 Å². The summed E-state index contributed by atoms with van der Waals surface area (Å²) in [6.07, 6.45) is 1.88. The number of hydrogen-bond donors (Lipinski definition) is 1. The van der Waals surface area contributed by atoms with Crippen molar-refractivity contribution in [3.8, 4) is 16.3 Å². The lowest BCUT2D eigenvalue weighted by Crippen LogP contribution is -1.97. The molecule has 0 saturated heterocycles. The molecule has 0 atom stereocenters. The molecule has 0 saturated carbocycles. The van der Waals surface area contributed by atoms with E-state index in [-0.39, 0.29) is 5.82 Å². The molecule has 19 heavy (non-hydrogen) atoms. The van der Waals surface area contributed by atoms with Gasteiger partial charge in [0, 0.05) is 23.1 Å². The fraction of sp³-hybridized carbons (Fsp3) is 0.357. The number of aromatic nitrogens is 1. The minimum atomic E-state index is -0.320. The Hall–Kier alpha value is -1.46. The quantitative estimate of drug-likeness (QED) is 0.913. The first-order valence-corrected chi connectivity index (χ1v) is 7.03.